The topological polar surface area (TPSA) is 38.0 Å². The lowest BCUT2D eigenvalue weighted by molar-refractivity contribution is 0.419. The molecule has 0 heterocycles. The van der Waals surface area contributed by atoms with Gasteiger partial charge in [-0.2, -0.15) is 0 Å². The maximum atomic E-state index is 5.84. The van der Waals surface area contributed by atoms with E-state index < -0.39 is 0 Å². The van der Waals surface area contributed by atoms with Gasteiger partial charge in [0.2, 0.25) is 0 Å². The smallest absolute Gasteiger partial charge is 0.0720 e. The van der Waals surface area contributed by atoms with Gasteiger partial charge in [0.1, 0.15) is 0 Å². The van der Waals surface area contributed by atoms with Crippen molar-refractivity contribution in [3.05, 3.63) is 68.3 Å². The van der Waals surface area contributed by atoms with Gasteiger partial charge >= 0.3 is 0 Å². The average molecular weight is 392 g/mol. The number of rotatable bonds is 4. The van der Waals surface area contributed by atoms with Crippen molar-refractivity contribution in [2.45, 2.75) is 38.1 Å². The third-order valence-electron chi connectivity index (χ3n) is 4.55. The highest BCUT2D eigenvalue weighted by atomic mass is 127. The Morgan fingerprint density at radius 3 is 2.43 bits per heavy atom. The molecule has 0 aromatic heterocycles. The van der Waals surface area contributed by atoms with Gasteiger partial charge < -0.3 is 0 Å². The molecule has 0 aliphatic heterocycles. The van der Waals surface area contributed by atoms with Gasteiger partial charge in [-0.25, -0.2) is 5.43 Å². The summed E-state index contributed by atoms with van der Waals surface area (Å²) in [7, 11) is 0. The molecule has 3 N–H and O–H groups in total. The second-order valence-electron chi connectivity index (χ2n) is 5.87. The molecule has 0 spiro atoms. The highest BCUT2D eigenvalue weighted by Gasteiger charge is 2.20. The van der Waals surface area contributed by atoms with E-state index in [0.29, 0.717) is 0 Å². The molecule has 21 heavy (non-hydrogen) atoms. The van der Waals surface area contributed by atoms with Crippen LogP contribution >= 0.6 is 22.6 Å². The first-order valence-corrected chi connectivity index (χ1v) is 8.59. The van der Waals surface area contributed by atoms with Gasteiger partial charge in [0.05, 0.1) is 6.04 Å². The van der Waals surface area contributed by atoms with Gasteiger partial charge in [-0.3, -0.25) is 5.84 Å². The Bertz CT molecular complexity index is 618. The predicted molar refractivity (Wildman–Crippen MR) is 96.1 cm³/mol. The summed E-state index contributed by atoms with van der Waals surface area (Å²) in [4.78, 5) is 0. The molecule has 110 valence electrons. The third-order valence-corrected chi connectivity index (χ3v) is 6.02. The Morgan fingerprint density at radius 1 is 1.14 bits per heavy atom. The molecule has 1 aliphatic rings. The van der Waals surface area contributed by atoms with Crippen molar-refractivity contribution in [1.82, 2.24) is 5.43 Å². The highest BCUT2D eigenvalue weighted by Crippen LogP contribution is 2.37. The first kappa shape index (κ1) is 15.0. The fraction of sp³-hybridized carbons (Fsp3) is 0.333. The summed E-state index contributed by atoms with van der Waals surface area (Å²) < 4.78 is 1.28. The molecule has 0 amide bonds. The predicted octanol–water partition coefficient (Wildman–Crippen LogP) is 4.42. The maximum Gasteiger partial charge on any atom is 0.0720 e. The molecule has 2 aromatic rings. The van der Waals surface area contributed by atoms with Crippen LogP contribution in [0.5, 0.6) is 0 Å². The zero-order chi connectivity index (χ0) is 14.8. The lowest BCUT2D eigenvalue weighted by Crippen LogP contribution is -2.29. The Kier molecular flexibility index (Phi) is 4.62. The van der Waals surface area contributed by atoms with Gasteiger partial charge in [0.15, 0.2) is 0 Å². The molecule has 1 atom stereocenters. The fourth-order valence-corrected chi connectivity index (χ4v) is 3.63. The zero-order valence-corrected chi connectivity index (χ0v) is 14.4. The second kappa shape index (κ2) is 6.46. The number of halogens is 1. The van der Waals surface area contributed by atoms with Crippen molar-refractivity contribution in [2.24, 2.45) is 5.84 Å². The van der Waals surface area contributed by atoms with E-state index in [-0.39, 0.29) is 6.04 Å². The highest BCUT2D eigenvalue weighted by molar-refractivity contribution is 14.1. The molecule has 1 fully saturated rings. The van der Waals surface area contributed by atoms with Crippen LogP contribution in [0.1, 0.15) is 53.5 Å². The van der Waals surface area contributed by atoms with Crippen LogP contribution in [0, 0.1) is 10.5 Å². The molecule has 2 aromatic carbocycles. The van der Waals surface area contributed by atoms with E-state index in [0.717, 1.165) is 5.92 Å². The summed E-state index contributed by atoms with van der Waals surface area (Å²) in [6, 6.07) is 15.4. The molecular weight excluding hydrogens is 371 g/mol. The number of hydrogen-bond acceptors (Lipinski definition) is 2. The average Bonchev–Trinajstić information content (AvgIpc) is 2.44. The van der Waals surface area contributed by atoms with Crippen molar-refractivity contribution in [2.75, 3.05) is 0 Å². The second-order valence-corrected chi connectivity index (χ2v) is 6.95. The number of hydrazine groups is 1. The van der Waals surface area contributed by atoms with Crippen LogP contribution in [0.3, 0.4) is 0 Å². The van der Waals surface area contributed by atoms with Crippen molar-refractivity contribution < 1.29 is 0 Å². The van der Waals surface area contributed by atoms with E-state index in [4.69, 9.17) is 5.84 Å². The summed E-state index contributed by atoms with van der Waals surface area (Å²) in [5.74, 6) is 6.62. The van der Waals surface area contributed by atoms with Crippen LogP contribution in [0.15, 0.2) is 42.5 Å². The number of benzene rings is 2. The van der Waals surface area contributed by atoms with Gasteiger partial charge in [-0.05, 0) is 70.5 Å². The molecule has 1 unspecified atom stereocenters. The summed E-state index contributed by atoms with van der Waals surface area (Å²) in [5, 5.41) is 0. The molecule has 3 rings (SSSR count). The van der Waals surface area contributed by atoms with Crippen LogP contribution in [0.4, 0.5) is 0 Å². The summed E-state index contributed by atoms with van der Waals surface area (Å²) in [6.45, 7) is 2.14. The number of nitrogens with one attached hydrogen (secondary N) is 1. The first-order chi connectivity index (χ1) is 10.2. The number of hydrogen-bond donors (Lipinski definition) is 2. The molecule has 0 bridgehead atoms. The summed E-state index contributed by atoms with van der Waals surface area (Å²) in [6.07, 6.45) is 4.06. The van der Waals surface area contributed by atoms with E-state index in [1.54, 1.807) is 0 Å². The first-order valence-electron chi connectivity index (χ1n) is 7.51. The fourth-order valence-electron chi connectivity index (χ4n) is 2.96. The molecule has 0 radical (unpaired) electrons. The molecule has 1 aliphatic carbocycles. The third kappa shape index (κ3) is 3.00. The van der Waals surface area contributed by atoms with Crippen LogP contribution in [0.25, 0.3) is 0 Å². The van der Waals surface area contributed by atoms with Crippen molar-refractivity contribution in [3.63, 3.8) is 0 Å². The van der Waals surface area contributed by atoms with E-state index >= 15 is 0 Å². The number of aryl methyl sites for hydroxylation is 1. The van der Waals surface area contributed by atoms with Crippen LogP contribution in [-0.2, 0) is 0 Å². The molecular formula is C18H21IN2. The van der Waals surface area contributed by atoms with Gasteiger partial charge in [0.25, 0.3) is 0 Å². The molecule has 1 saturated carbocycles. The van der Waals surface area contributed by atoms with Crippen LogP contribution in [-0.4, -0.2) is 0 Å². The van der Waals surface area contributed by atoms with Gasteiger partial charge in [-0.1, -0.05) is 48.9 Å². The quantitative estimate of drug-likeness (QED) is 0.459. The van der Waals surface area contributed by atoms with Gasteiger partial charge in [-0.15, -0.1) is 0 Å². The lowest BCUT2D eigenvalue weighted by Gasteiger charge is -2.26. The van der Waals surface area contributed by atoms with Crippen molar-refractivity contribution >= 4 is 22.6 Å². The lowest BCUT2D eigenvalue weighted by atomic mass is 9.79. The normalized spacial score (nSPS) is 16.5. The Morgan fingerprint density at radius 2 is 1.86 bits per heavy atom. The Hall–Kier alpha value is -0.910. The SMILES string of the molecule is Cc1cccc(C(NN)c2ccc(C3CCC3)cc2)c1I. The van der Waals surface area contributed by atoms with E-state index in [1.165, 1.54) is 45.1 Å². The summed E-state index contributed by atoms with van der Waals surface area (Å²) in [5.41, 5.74) is 8.21. The minimum Gasteiger partial charge on any atom is -0.271 e. The minimum atomic E-state index is 0.0484. The largest absolute Gasteiger partial charge is 0.271 e. The molecule has 3 heteroatoms. The van der Waals surface area contributed by atoms with Crippen molar-refractivity contribution in [3.8, 4) is 0 Å². The Labute approximate surface area is 140 Å². The monoisotopic (exact) mass is 392 g/mol. The maximum absolute atomic E-state index is 5.84. The van der Waals surface area contributed by atoms with Gasteiger partial charge in [0, 0.05) is 3.57 Å². The van der Waals surface area contributed by atoms with Crippen LogP contribution in [0.2, 0.25) is 0 Å². The molecule has 0 saturated heterocycles. The van der Waals surface area contributed by atoms with Crippen LogP contribution < -0.4 is 11.3 Å². The van der Waals surface area contributed by atoms with E-state index in [1.807, 2.05) is 0 Å². The number of nitrogens with two attached hydrogens (primary N) is 1. The minimum absolute atomic E-state index is 0.0484. The Balaban J connectivity index is 1.90. The van der Waals surface area contributed by atoms with E-state index in [9.17, 15) is 0 Å². The van der Waals surface area contributed by atoms with Crippen molar-refractivity contribution in [1.29, 1.82) is 0 Å². The zero-order valence-electron chi connectivity index (χ0n) is 12.3. The molecule has 2 nitrogen and oxygen atoms in total. The standard InChI is InChI=1S/C18H21IN2/c1-12-4-2-7-16(17(12)19)18(21-20)15-10-8-14(9-11-15)13-5-3-6-13/h2,4,7-11,13,18,21H,3,5-6,20H2,1H3. The van der Waals surface area contributed by atoms with E-state index in [2.05, 4.69) is 77.4 Å². The summed E-state index contributed by atoms with van der Waals surface area (Å²) >= 11 is 2.41.